The second kappa shape index (κ2) is 5.32. The van der Waals surface area contributed by atoms with Crippen molar-refractivity contribution in [1.29, 1.82) is 0 Å². The molecule has 1 heterocycles. The van der Waals surface area contributed by atoms with Crippen LogP contribution in [0.5, 0.6) is 0 Å². The van der Waals surface area contributed by atoms with Gasteiger partial charge in [-0.15, -0.1) is 0 Å². The zero-order valence-electron chi connectivity index (χ0n) is 9.21. The van der Waals surface area contributed by atoms with E-state index >= 15 is 0 Å². The summed E-state index contributed by atoms with van der Waals surface area (Å²) < 4.78 is 22.7. The first-order valence-electron chi connectivity index (χ1n) is 4.73. The van der Waals surface area contributed by atoms with Crippen molar-refractivity contribution in [3.63, 3.8) is 0 Å². The fourth-order valence-electron chi connectivity index (χ4n) is 1.24. The number of ether oxygens (including phenoxy) is 1. The molecule has 0 aliphatic rings. The topological polar surface area (TPSA) is 78.1 Å². The molecule has 5 nitrogen and oxygen atoms in total. The summed E-state index contributed by atoms with van der Waals surface area (Å²) in [6.45, 7) is 0. The number of rotatable bonds is 3. The quantitative estimate of drug-likeness (QED) is 0.688. The molecule has 0 spiro atoms. The Morgan fingerprint density at radius 3 is 2.94 bits per heavy atom. The molecule has 0 atom stereocenters. The lowest BCUT2D eigenvalue weighted by molar-refractivity contribution is 0.0601. The number of carbonyl (C=O) groups excluding carboxylic acids is 1. The van der Waals surface area contributed by atoms with E-state index in [1.165, 1.54) is 19.5 Å². The lowest BCUT2D eigenvalue weighted by Crippen LogP contribution is -2.06. The van der Waals surface area contributed by atoms with Crippen molar-refractivity contribution < 1.29 is 13.9 Å². The summed E-state index contributed by atoms with van der Waals surface area (Å²) in [5.41, 5.74) is 5.74. The van der Waals surface area contributed by atoms with E-state index in [0.717, 1.165) is 29.4 Å². The number of nitrogens with two attached hydrogens (primary N) is 1. The maximum absolute atomic E-state index is 13.7. The summed E-state index contributed by atoms with van der Waals surface area (Å²) in [6.07, 6.45) is 1.38. The third-order valence-corrected chi connectivity index (χ3v) is 3.80. The number of nitrogen functional groups attached to an aromatic ring is 1. The summed E-state index contributed by atoms with van der Waals surface area (Å²) in [5.74, 6) is -1.12. The van der Waals surface area contributed by atoms with Crippen molar-refractivity contribution in [3.05, 3.63) is 29.8 Å². The van der Waals surface area contributed by atoms with E-state index in [-0.39, 0.29) is 16.1 Å². The van der Waals surface area contributed by atoms with Crippen LogP contribution < -0.4 is 5.73 Å². The van der Waals surface area contributed by atoms with Gasteiger partial charge in [-0.2, -0.15) is 4.37 Å². The number of hydrogen-bond donors (Lipinski definition) is 1. The minimum absolute atomic E-state index is 0.0426. The van der Waals surface area contributed by atoms with Gasteiger partial charge in [0, 0.05) is 5.69 Å². The largest absolute Gasteiger partial charge is 0.465 e. The Hall–Kier alpha value is -1.67. The molecule has 94 valence electrons. The van der Waals surface area contributed by atoms with Crippen molar-refractivity contribution in [2.75, 3.05) is 12.8 Å². The molecule has 0 radical (unpaired) electrons. The average Bonchev–Trinajstić information content (AvgIpc) is 2.84. The molecule has 0 aliphatic heterocycles. The molecule has 8 heteroatoms. The monoisotopic (exact) mass is 285 g/mol. The van der Waals surface area contributed by atoms with Gasteiger partial charge in [0.15, 0.2) is 4.34 Å². The highest BCUT2D eigenvalue weighted by Crippen LogP contribution is 2.32. The predicted octanol–water partition coefficient (Wildman–Crippen LogP) is 2.20. The van der Waals surface area contributed by atoms with E-state index in [1.807, 2.05) is 0 Å². The van der Waals surface area contributed by atoms with Gasteiger partial charge in [-0.1, -0.05) is 11.8 Å². The molecule has 0 saturated heterocycles. The highest BCUT2D eigenvalue weighted by Gasteiger charge is 2.16. The van der Waals surface area contributed by atoms with Crippen molar-refractivity contribution in [3.8, 4) is 0 Å². The van der Waals surface area contributed by atoms with Crippen LogP contribution in [0.4, 0.5) is 10.1 Å². The standard InChI is InChI=1S/C10H8FN3O2S2/c1-16-9(15)5-2-8(6(11)3-7(5)12)17-10-13-4-14-18-10/h2-4H,12H2,1H3. The molecule has 0 bridgehead atoms. The molecule has 0 aliphatic carbocycles. The van der Waals surface area contributed by atoms with Crippen molar-refractivity contribution in [2.45, 2.75) is 9.24 Å². The fraction of sp³-hybridized carbons (Fsp3) is 0.100. The Morgan fingerprint density at radius 1 is 1.56 bits per heavy atom. The molecule has 18 heavy (non-hydrogen) atoms. The van der Waals surface area contributed by atoms with E-state index in [1.54, 1.807) is 0 Å². The highest BCUT2D eigenvalue weighted by molar-refractivity contribution is 8.01. The highest BCUT2D eigenvalue weighted by atomic mass is 32.2. The second-order valence-electron chi connectivity index (χ2n) is 3.17. The summed E-state index contributed by atoms with van der Waals surface area (Å²) in [6, 6.07) is 2.44. The number of benzene rings is 1. The number of halogens is 1. The van der Waals surface area contributed by atoms with Crippen molar-refractivity contribution in [2.24, 2.45) is 0 Å². The normalized spacial score (nSPS) is 10.3. The summed E-state index contributed by atoms with van der Waals surface area (Å²) in [7, 11) is 1.24. The number of esters is 1. The Balaban J connectivity index is 2.38. The summed E-state index contributed by atoms with van der Waals surface area (Å²) in [5, 5.41) is 0. The van der Waals surface area contributed by atoms with E-state index < -0.39 is 11.8 Å². The smallest absolute Gasteiger partial charge is 0.339 e. The zero-order valence-corrected chi connectivity index (χ0v) is 10.8. The van der Waals surface area contributed by atoms with Crippen LogP contribution in [0.15, 0.2) is 27.7 Å². The molecular weight excluding hydrogens is 277 g/mol. The number of carbonyl (C=O) groups is 1. The lowest BCUT2D eigenvalue weighted by atomic mass is 10.2. The SMILES string of the molecule is COC(=O)c1cc(Sc2ncns2)c(F)cc1N. The van der Waals surface area contributed by atoms with Gasteiger partial charge in [-0.3, -0.25) is 0 Å². The van der Waals surface area contributed by atoms with Crippen LogP contribution in [0, 0.1) is 5.82 Å². The van der Waals surface area contributed by atoms with E-state index in [9.17, 15) is 9.18 Å². The zero-order chi connectivity index (χ0) is 13.1. The van der Waals surface area contributed by atoms with Crippen LogP contribution in [-0.4, -0.2) is 22.4 Å². The Bertz CT molecular complexity index is 575. The van der Waals surface area contributed by atoms with Crippen LogP contribution in [0.3, 0.4) is 0 Å². The molecule has 2 N–H and O–H groups in total. The minimum Gasteiger partial charge on any atom is -0.465 e. The number of hydrogen-bond acceptors (Lipinski definition) is 7. The maximum atomic E-state index is 13.7. The fourth-order valence-corrected chi connectivity index (χ4v) is 2.68. The third kappa shape index (κ3) is 2.59. The summed E-state index contributed by atoms with van der Waals surface area (Å²) >= 11 is 2.22. The van der Waals surface area contributed by atoms with Crippen molar-refractivity contribution in [1.82, 2.24) is 9.36 Å². The molecule has 0 fully saturated rings. The molecule has 0 unspecified atom stereocenters. The van der Waals surface area contributed by atoms with Gasteiger partial charge in [-0.25, -0.2) is 14.2 Å². The van der Waals surface area contributed by atoms with Crippen LogP contribution in [0.2, 0.25) is 0 Å². The van der Waals surface area contributed by atoms with Crippen molar-refractivity contribution >= 4 is 35.0 Å². The Labute approximate surface area is 110 Å². The maximum Gasteiger partial charge on any atom is 0.339 e. The number of methoxy groups -OCH3 is 1. The van der Waals surface area contributed by atoms with Gasteiger partial charge in [0.1, 0.15) is 12.1 Å². The first kappa shape index (κ1) is 12.8. The minimum atomic E-state index is -0.605. The van der Waals surface area contributed by atoms with E-state index in [4.69, 9.17) is 5.73 Å². The van der Waals surface area contributed by atoms with Gasteiger partial charge < -0.3 is 10.5 Å². The molecule has 2 rings (SSSR count). The molecule has 1 aromatic carbocycles. The Kier molecular flexibility index (Phi) is 3.78. The van der Waals surface area contributed by atoms with Gasteiger partial charge in [-0.05, 0) is 23.7 Å². The summed E-state index contributed by atoms with van der Waals surface area (Å²) in [4.78, 5) is 15.6. The van der Waals surface area contributed by atoms with Crippen LogP contribution in [0.25, 0.3) is 0 Å². The van der Waals surface area contributed by atoms with Gasteiger partial charge in [0.25, 0.3) is 0 Å². The first-order valence-corrected chi connectivity index (χ1v) is 6.32. The molecule has 1 aromatic heterocycles. The second-order valence-corrected chi connectivity index (χ2v) is 5.24. The molecule has 0 amide bonds. The number of anilines is 1. The molecule has 2 aromatic rings. The van der Waals surface area contributed by atoms with E-state index in [2.05, 4.69) is 14.1 Å². The van der Waals surface area contributed by atoms with Crippen LogP contribution in [-0.2, 0) is 4.74 Å². The van der Waals surface area contributed by atoms with E-state index in [0.29, 0.717) is 4.34 Å². The average molecular weight is 285 g/mol. The van der Waals surface area contributed by atoms with Crippen LogP contribution >= 0.6 is 23.3 Å². The van der Waals surface area contributed by atoms with Gasteiger partial charge >= 0.3 is 5.97 Å². The van der Waals surface area contributed by atoms with Gasteiger partial charge in [0.05, 0.1) is 17.6 Å². The predicted molar refractivity (Wildman–Crippen MR) is 66.2 cm³/mol. The number of aromatic nitrogens is 2. The molecular formula is C10H8FN3O2S2. The van der Waals surface area contributed by atoms with Crippen LogP contribution in [0.1, 0.15) is 10.4 Å². The third-order valence-electron chi connectivity index (χ3n) is 2.05. The van der Waals surface area contributed by atoms with Gasteiger partial charge in [0.2, 0.25) is 0 Å². The first-order chi connectivity index (χ1) is 8.61. The number of nitrogens with zero attached hydrogens (tertiary/aromatic N) is 2. The lowest BCUT2D eigenvalue weighted by Gasteiger charge is -2.07. The molecule has 0 saturated carbocycles. The Morgan fingerprint density at radius 2 is 2.33 bits per heavy atom.